The molecule has 1 aliphatic heterocycles. The first-order chi connectivity index (χ1) is 15.8. The number of carboxylic acid groups (broad SMARTS) is 1. The molecule has 5 rings (SSSR count). The van der Waals surface area contributed by atoms with E-state index in [1.54, 1.807) is 6.07 Å². The molecule has 1 saturated carbocycles. The number of fused-ring (bicyclic) bond motifs is 1. The lowest BCUT2D eigenvalue weighted by molar-refractivity contribution is -0.143. The van der Waals surface area contributed by atoms with Crippen molar-refractivity contribution in [1.82, 2.24) is 9.47 Å². The molecule has 0 amide bonds. The van der Waals surface area contributed by atoms with Crippen molar-refractivity contribution in [3.63, 3.8) is 0 Å². The maximum atomic E-state index is 14.8. The van der Waals surface area contributed by atoms with Crippen LogP contribution < -0.4 is 0 Å². The smallest absolute Gasteiger partial charge is 0.306 e. The lowest BCUT2D eigenvalue weighted by Crippen LogP contribution is -2.35. The van der Waals surface area contributed by atoms with Crippen molar-refractivity contribution in [2.24, 2.45) is 13.0 Å². The second-order valence-electron chi connectivity index (χ2n) is 9.47. The summed E-state index contributed by atoms with van der Waals surface area (Å²) in [6, 6.07) is 9.51. The Morgan fingerprint density at radius 3 is 2.52 bits per heavy atom. The maximum Gasteiger partial charge on any atom is 0.306 e. The highest BCUT2D eigenvalue weighted by atomic mass is 35.5. The zero-order chi connectivity index (χ0) is 23.3. The first-order valence-corrected chi connectivity index (χ1v) is 12.3. The summed E-state index contributed by atoms with van der Waals surface area (Å²) in [6.45, 7) is 2.12. The van der Waals surface area contributed by atoms with Gasteiger partial charge < -0.3 is 9.67 Å². The van der Waals surface area contributed by atoms with E-state index in [0.717, 1.165) is 53.8 Å². The van der Waals surface area contributed by atoms with Gasteiger partial charge in [0.15, 0.2) is 0 Å². The highest BCUT2D eigenvalue weighted by Gasteiger charge is 2.27. The number of carboxylic acids is 1. The first-order valence-electron chi connectivity index (χ1n) is 11.5. The maximum absolute atomic E-state index is 14.8. The zero-order valence-corrected chi connectivity index (χ0v) is 20.1. The molecule has 174 valence electrons. The number of hydrogen-bond donors (Lipinski definition) is 1. The van der Waals surface area contributed by atoms with Crippen molar-refractivity contribution < 1.29 is 14.3 Å². The van der Waals surface area contributed by atoms with Crippen molar-refractivity contribution in [2.75, 3.05) is 13.1 Å². The molecule has 0 radical (unpaired) electrons. The minimum atomic E-state index is -0.711. The predicted octanol–water partition coefficient (Wildman–Crippen LogP) is 6.39. The predicted molar refractivity (Wildman–Crippen MR) is 130 cm³/mol. The third kappa shape index (κ3) is 4.51. The van der Waals surface area contributed by atoms with Gasteiger partial charge in [0.1, 0.15) is 5.82 Å². The number of hydrogen-bond acceptors (Lipinski definition) is 2. The standard InChI is InChI=1S/C26H27Cl2FN2O2/c1-30-19(13-21-23(29)10-18(11-24(21)30)15-2-3-15)12-20-22(27)5-4-17(25(20)28)14-31-8-6-16(7-9-31)26(32)33/h4-5,10-11,13,15-16H,2-3,6-9,12,14H2,1H3,(H,32,33). The number of rotatable bonds is 6. The van der Waals surface area contributed by atoms with Crippen molar-refractivity contribution >= 4 is 40.1 Å². The minimum Gasteiger partial charge on any atom is -0.481 e. The van der Waals surface area contributed by atoms with Crippen molar-refractivity contribution in [3.8, 4) is 0 Å². The van der Waals surface area contributed by atoms with Gasteiger partial charge in [-0.3, -0.25) is 9.69 Å². The molecule has 1 aromatic heterocycles. The van der Waals surface area contributed by atoms with Crippen LogP contribution in [-0.2, 0) is 24.8 Å². The number of piperidine rings is 1. The van der Waals surface area contributed by atoms with Crippen LogP contribution in [0.25, 0.3) is 10.9 Å². The monoisotopic (exact) mass is 488 g/mol. The molecule has 0 unspecified atom stereocenters. The van der Waals surface area contributed by atoms with Gasteiger partial charge >= 0.3 is 5.97 Å². The lowest BCUT2D eigenvalue weighted by atomic mass is 9.96. The van der Waals surface area contributed by atoms with E-state index in [9.17, 15) is 14.3 Å². The second-order valence-corrected chi connectivity index (χ2v) is 10.3. The quantitative estimate of drug-likeness (QED) is 0.437. The molecule has 1 N–H and O–H groups in total. The largest absolute Gasteiger partial charge is 0.481 e. The highest BCUT2D eigenvalue weighted by Crippen LogP contribution is 2.42. The van der Waals surface area contributed by atoms with Crippen LogP contribution in [-0.4, -0.2) is 33.6 Å². The van der Waals surface area contributed by atoms with Crippen LogP contribution in [0.1, 0.15) is 54.0 Å². The summed E-state index contributed by atoms with van der Waals surface area (Å²) in [7, 11) is 1.96. The Morgan fingerprint density at radius 2 is 1.85 bits per heavy atom. The lowest BCUT2D eigenvalue weighted by Gasteiger charge is -2.30. The summed E-state index contributed by atoms with van der Waals surface area (Å²) in [5.41, 5.74) is 4.75. The normalized spacial score (nSPS) is 17.7. The fourth-order valence-corrected chi connectivity index (χ4v) is 5.54. The van der Waals surface area contributed by atoms with Gasteiger partial charge in [-0.05, 0) is 85.6 Å². The fraction of sp³-hybridized carbons (Fsp3) is 0.423. The van der Waals surface area contributed by atoms with Gasteiger partial charge in [-0.15, -0.1) is 0 Å². The Kier molecular flexibility index (Phi) is 6.15. The van der Waals surface area contributed by atoms with E-state index in [0.29, 0.717) is 47.2 Å². The number of benzene rings is 2. The Morgan fingerprint density at radius 1 is 1.12 bits per heavy atom. The third-order valence-electron chi connectivity index (χ3n) is 7.24. The molecule has 1 aliphatic carbocycles. The van der Waals surface area contributed by atoms with E-state index in [-0.39, 0.29) is 11.7 Å². The molecule has 0 atom stereocenters. The van der Waals surface area contributed by atoms with Gasteiger partial charge in [-0.2, -0.15) is 0 Å². The van der Waals surface area contributed by atoms with Gasteiger partial charge in [-0.25, -0.2) is 4.39 Å². The zero-order valence-electron chi connectivity index (χ0n) is 18.6. The summed E-state index contributed by atoms with van der Waals surface area (Å²) in [5, 5.41) is 11.1. The number of likely N-dealkylation sites (tertiary alicyclic amines) is 1. The van der Waals surface area contributed by atoms with Gasteiger partial charge in [0.25, 0.3) is 0 Å². The molecule has 1 saturated heterocycles. The molecule has 0 bridgehead atoms. The van der Waals surface area contributed by atoms with Crippen LogP contribution in [0.4, 0.5) is 4.39 Å². The van der Waals surface area contributed by atoms with Gasteiger partial charge in [0.05, 0.1) is 16.5 Å². The molecule has 2 aliphatic rings. The number of aliphatic carboxylic acids is 1. The van der Waals surface area contributed by atoms with Crippen molar-refractivity contribution in [1.29, 1.82) is 0 Å². The number of aromatic nitrogens is 1. The molecular weight excluding hydrogens is 462 g/mol. The molecule has 0 spiro atoms. The summed E-state index contributed by atoms with van der Waals surface area (Å²) < 4.78 is 16.9. The van der Waals surface area contributed by atoms with Crippen LogP contribution in [0.5, 0.6) is 0 Å². The summed E-state index contributed by atoms with van der Waals surface area (Å²) >= 11 is 13.4. The van der Waals surface area contributed by atoms with Crippen molar-refractivity contribution in [3.05, 3.63) is 68.6 Å². The number of halogens is 3. The molecule has 4 nitrogen and oxygen atoms in total. The van der Waals surface area contributed by atoms with E-state index < -0.39 is 5.97 Å². The molecule has 3 aromatic rings. The van der Waals surface area contributed by atoms with Gasteiger partial charge in [-0.1, -0.05) is 29.3 Å². The average Bonchev–Trinajstić information content (AvgIpc) is 3.59. The number of carbonyl (C=O) groups is 1. The van der Waals surface area contributed by atoms with E-state index in [2.05, 4.69) is 11.0 Å². The second kappa shape index (κ2) is 8.94. The fourth-order valence-electron chi connectivity index (χ4n) is 4.97. The molecule has 2 heterocycles. The first kappa shape index (κ1) is 22.7. The Hall–Kier alpha value is -2.08. The summed E-state index contributed by atoms with van der Waals surface area (Å²) in [6.07, 6.45) is 4.08. The molecular formula is C26H27Cl2FN2O2. The SMILES string of the molecule is Cn1c(Cc2c(Cl)ccc(CN3CCC(C(=O)O)CC3)c2Cl)cc2c(F)cc(C3CC3)cc21. The van der Waals surface area contributed by atoms with E-state index in [1.807, 2.05) is 29.8 Å². The summed E-state index contributed by atoms with van der Waals surface area (Å²) in [5.74, 6) is -0.655. The summed E-state index contributed by atoms with van der Waals surface area (Å²) in [4.78, 5) is 13.5. The molecule has 7 heteroatoms. The Balaban J connectivity index is 1.40. The van der Waals surface area contributed by atoms with Crippen LogP contribution in [0.2, 0.25) is 10.0 Å². The van der Waals surface area contributed by atoms with Crippen LogP contribution in [0.3, 0.4) is 0 Å². The molecule has 2 aromatic carbocycles. The average molecular weight is 489 g/mol. The van der Waals surface area contributed by atoms with Crippen molar-refractivity contribution in [2.45, 2.75) is 44.6 Å². The topological polar surface area (TPSA) is 45.5 Å². The van der Waals surface area contributed by atoms with E-state index in [4.69, 9.17) is 23.2 Å². The molecule has 2 fully saturated rings. The Bertz CT molecular complexity index is 1230. The third-order valence-corrected chi connectivity index (χ3v) is 8.06. The van der Waals surface area contributed by atoms with Crippen LogP contribution in [0.15, 0.2) is 30.3 Å². The van der Waals surface area contributed by atoms with Crippen LogP contribution in [0, 0.1) is 11.7 Å². The highest BCUT2D eigenvalue weighted by molar-refractivity contribution is 6.36. The Labute approximate surface area is 202 Å². The number of nitrogens with zero attached hydrogens (tertiary/aromatic N) is 2. The van der Waals surface area contributed by atoms with Crippen LogP contribution >= 0.6 is 23.2 Å². The van der Waals surface area contributed by atoms with Gasteiger partial charge in [0, 0.05) is 36.1 Å². The van der Waals surface area contributed by atoms with Gasteiger partial charge in [0.2, 0.25) is 0 Å². The molecule has 33 heavy (non-hydrogen) atoms. The van der Waals surface area contributed by atoms with E-state index >= 15 is 0 Å². The van der Waals surface area contributed by atoms with E-state index in [1.165, 1.54) is 0 Å². The number of aryl methyl sites for hydroxylation is 1. The minimum absolute atomic E-state index is 0.174.